The Balaban J connectivity index is 1.31. The molecule has 2 heterocycles. The van der Waals surface area contributed by atoms with Gasteiger partial charge in [-0.1, -0.05) is 36.4 Å². The van der Waals surface area contributed by atoms with E-state index in [1.165, 1.54) is 25.3 Å². The van der Waals surface area contributed by atoms with E-state index in [1.807, 2.05) is 55.5 Å². The standard InChI is InChI=1S/C29H25N5O4/c1-18-30-25(19-7-4-3-5-8-19)17-26(31-18)32-21-9-6-10-22(16-21)33-27(35)20-11-12-23-24(15-20)29(37)34(28(23)36)13-14-38-2/h3-12,15-17H,13-14H2,1-2H3,(H,33,35)(H,30,31,32). The lowest BCUT2D eigenvalue weighted by Crippen LogP contribution is -2.32. The van der Waals surface area contributed by atoms with E-state index in [4.69, 9.17) is 4.74 Å². The number of hydrogen-bond donors (Lipinski definition) is 2. The number of aromatic nitrogens is 2. The molecule has 3 aromatic carbocycles. The lowest BCUT2D eigenvalue weighted by molar-refractivity contribution is 0.0603. The first-order valence-electron chi connectivity index (χ1n) is 12.0. The second-order valence-electron chi connectivity index (χ2n) is 8.73. The van der Waals surface area contributed by atoms with Crippen LogP contribution in [0.2, 0.25) is 0 Å². The van der Waals surface area contributed by atoms with Crippen molar-refractivity contribution in [1.82, 2.24) is 14.9 Å². The van der Waals surface area contributed by atoms with Gasteiger partial charge < -0.3 is 15.4 Å². The van der Waals surface area contributed by atoms with Crippen molar-refractivity contribution in [3.05, 3.63) is 101 Å². The maximum absolute atomic E-state index is 13.0. The second-order valence-corrected chi connectivity index (χ2v) is 8.73. The van der Waals surface area contributed by atoms with E-state index in [2.05, 4.69) is 20.6 Å². The second kappa shape index (κ2) is 10.6. The van der Waals surface area contributed by atoms with Crippen LogP contribution in [0.5, 0.6) is 0 Å². The summed E-state index contributed by atoms with van der Waals surface area (Å²) in [4.78, 5) is 48.4. The Kier molecular flexibility index (Phi) is 6.92. The van der Waals surface area contributed by atoms with Gasteiger partial charge in [-0.05, 0) is 43.3 Å². The van der Waals surface area contributed by atoms with Gasteiger partial charge in [-0.2, -0.15) is 0 Å². The SMILES string of the molecule is COCCN1C(=O)c2ccc(C(=O)Nc3cccc(Nc4cc(-c5ccccc5)nc(C)n4)c3)cc2C1=O. The molecule has 0 fully saturated rings. The number of carbonyl (C=O) groups excluding carboxylic acids is 3. The summed E-state index contributed by atoms with van der Waals surface area (Å²) in [6, 6.07) is 23.4. The van der Waals surface area contributed by atoms with Crippen LogP contribution in [-0.2, 0) is 4.74 Å². The Bertz CT molecular complexity index is 1540. The molecule has 0 unspecified atom stereocenters. The van der Waals surface area contributed by atoms with Crippen LogP contribution in [0.4, 0.5) is 17.2 Å². The maximum Gasteiger partial charge on any atom is 0.261 e. The van der Waals surface area contributed by atoms with Crippen molar-refractivity contribution >= 4 is 34.9 Å². The number of carbonyl (C=O) groups is 3. The van der Waals surface area contributed by atoms with E-state index >= 15 is 0 Å². The number of anilines is 3. The zero-order chi connectivity index (χ0) is 26.6. The number of fused-ring (bicyclic) bond motifs is 1. The maximum atomic E-state index is 13.0. The highest BCUT2D eigenvalue weighted by atomic mass is 16.5. The fourth-order valence-corrected chi connectivity index (χ4v) is 4.23. The summed E-state index contributed by atoms with van der Waals surface area (Å²) in [5.74, 6) is 0.0363. The first kappa shape index (κ1) is 24.8. The summed E-state index contributed by atoms with van der Waals surface area (Å²) < 4.78 is 4.98. The normalized spacial score (nSPS) is 12.4. The van der Waals surface area contributed by atoms with Crippen molar-refractivity contribution < 1.29 is 19.1 Å². The van der Waals surface area contributed by atoms with Crippen molar-refractivity contribution in [2.24, 2.45) is 0 Å². The number of benzene rings is 3. The number of imide groups is 1. The highest BCUT2D eigenvalue weighted by Crippen LogP contribution is 2.26. The van der Waals surface area contributed by atoms with Crippen LogP contribution < -0.4 is 10.6 Å². The highest BCUT2D eigenvalue weighted by molar-refractivity contribution is 6.22. The van der Waals surface area contributed by atoms with Crippen molar-refractivity contribution in [3.8, 4) is 11.3 Å². The predicted octanol–water partition coefficient (Wildman–Crippen LogP) is 4.69. The molecule has 1 aromatic heterocycles. The van der Waals surface area contributed by atoms with Crippen molar-refractivity contribution in [2.45, 2.75) is 6.92 Å². The quantitative estimate of drug-likeness (QED) is 0.333. The van der Waals surface area contributed by atoms with E-state index in [0.29, 0.717) is 17.3 Å². The Hall–Kier alpha value is -4.89. The summed E-state index contributed by atoms with van der Waals surface area (Å²) in [5, 5.41) is 6.13. The van der Waals surface area contributed by atoms with E-state index in [1.54, 1.807) is 12.1 Å². The zero-order valence-corrected chi connectivity index (χ0v) is 20.9. The van der Waals surface area contributed by atoms with Crippen molar-refractivity contribution in [1.29, 1.82) is 0 Å². The topological polar surface area (TPSA) is 114 Å². The van der Waals surface area contributed by atoms with E-state index < -0.39 is 11.8 Å². The molecule has 0 saturated heterocycles. The lowest BCUT2D eigenvalue weighted by Gasteiger charge is -2.12. The molecule has 2 N–H and O–H groups in total. The number of rotatable bonds is 8. The average Bonchev–Trinajstić information content (AvgIpc) is 3.16. The van der Waals surface area contributed by atoms with Gasteiger partial charge in [-0.3, -0.25) is 19.3 Å². The third-order valence-electron chi connectivity index (χ3n) is 6.05. The Labute approximate surface area is 219 Å². The summed E-state index contributed by atoms with van der Waals surface area (Å²) in [6.07, 6.45) is 0. The summed E-state index contributed by atoms with van der Waals surface area (Å²) in [6.45, 7) is 2.23. The summed E-state index contributed by atoms with van der Waals surface area (Å²) in [5.41, 5.74) is 3.83. The minimum atomic E-state index is -0.432. The van der Waals surface area contributed by atoms with Gasteiger partial charge >= 0.3 is 0 Å². The summed E-state index contributed by atoms with van der Waals surface area (Å²) >= 11 is 0. The van der Waals surface area contributed by atoms with Crippen LogP contribution in [0.15, 0.2) is 78.9 Å². The van der Waals surface area contributed by atoms with Crippen LogP contribution in [0.25, 0.3) is 11.3 Å². The van der Waals surface area contributed by atoms with E-state index in [-0.39, 0.29) is 35.7 Å². The average molecular weight is 508 g/mol. The molecular formula is C29H25N5O4. The van der Waals surface area contributed by atoms with Gasteiger partial charge in [0.15, 0.2) is 0 Å². The van der Waals surface area contributed by atoms with Crippen LogP contribution in [0, 0.1) is 6.92 Å². The van der Waals surface area contributed by atoms with Crippen LogP contribution in [0.3, 0.4) is 0 Å². The minimum absolute atomic E-state index is 0.156. The number of hydrogen-bond acceptors (Lipinski definition) is 7. The van der Waals surface area contributed by atoms with Gasteiger partial charge in [0.1, 0.15) is 11.6 Å². The van der Waals surface area contributed by atoms with Gasteiger partial charge in [-0.15, -0.1) is 0 Å². The molecule has 0 saturated carbocycles. The number of methoxy groups -OCH3 is 1. The molecule has 3 amide bonds. The van der Waals surface area contributed by atoms with E-state index in [9.17, 15) is 14.4 Å². The molecule has 0 spiro atoms. The van der Waals surface area contributed by atoms with Crippen LogP contribution in [0.1, 0.15) is 36.9 Å². The zero-order valence-electron chi connectivity index (χ0n) is 20.9. The fourth-order valence-electron chi connectivity index (χ4n) is 4.23. The molecule has 9 heteroatoms. The van der Waals surface area contributed by atoms with E-state index in [0.717, 1.165) is 21.8 Å². The Morgan fingerprint density at radius 1 is 0.868 bits per heavy atom. The first-order valence-corrected chi connectivity index (χ1v) is 12.0. The van der Waals surface area contributed by atoms with Gasteiger partial charge in [0.2, 0.25) is 0 Å². The van der Waals surface area contributed by atoms with Crippen LogP contribution in [-0.4, -0.2) is 52.9 Å². The van der Waals surface area contributed by atoms with Gasteiger partial charge in [-0.25, -0.2) is 9.97 Å². The molecule has 1 aliphatic rings. The minimum Gasteiger partial charge on any atom is -0.383 e. The number of ether oxygens (including phenoxy) is 1. The van der Waals surface area contributed by atoms with Crippen LogP contribution >= 0.6 is 0 Å². The number of aryl methyl sites for hydroxylation is 1. The first-order chi connectivity index (χ1) is 18.4. The molecular weight excluding hydrogens is 482 g/mol. The van der Waals surface area contributed by atoms with Crippen molar-refractivity contribution in [2.75, 3.05) is 30.9 Å². The molecule has 5 rings (SSSR count). The molecule has 190 valence electrons. The largest absolute Gasteiger partial charge is 0.383 e. The van der Waals surface area contributed by atoms with Gasteiger partial charge in [0, 0.05) is 35.7 Å². The Morgan fingerprint density at radius 3 is 2.42 bits per heavy atom. The van der Waals surface area contributed by atoms with Gasteiger partial charge in [0.25, 0.3) is 17.7 Å². The monoisotopic (exact) mass is 507 g/mol. The number of nitrogens with one attached hydrogen (secondary N) is 2. The van der Waals surface area contributed by atoms with Crippen molar-refractivity contribution in [3.63, 3.8) is 0 Å². The molecule has 0 bridgehead atoms. The molecule has 0 aliphatic carbocycles. The third kappa shape index (κ3) is 5.14. The molecule has 9 nitrogen and oxygen atoms in total. The summed E-state index contributed by atoms with van der Waals surface area (Å²) in [7, 11) is 1.50. The Morgan fingerprint density at radius 2 is 1.63 bits per heavy atom. The fraction of sp³-hybridized carbons (Fsp3) is 0.138. The lowest BCUT2D eigenvalue weighted by atomic mass is 10.1. The highest BCUT2D eigenvalue weighted by Gasteiger charge is 2.35. The number of nitrogens with zero attached hydrogens (tertiary/aromatic N) is 3. The predicted molar refractivity (Wildman–Crippen MR) is 144 cm³/mol. The molecule has 0 atom stereocenters. The molecule has 38 heavy (non-hydrogen) atoms. The third-order valence-corrected chi connectivity index (χ3v) is 6.05. The molecule has 0 radical (unpaired) electrons. The smallest absolute Gasteiger partial charge is 0.261 e. The molecule has 1 aliphatic heterocycles. The molecule has 4 aromatic rings. The number of amides is 3. The van der Waals surface area contributed by atoms with Gasteiger partial charge in [0.05, 0.1) is 30.0 Å².